The molecule has 0 bridgehead atoms. The molecule has 0 aliphatic carbocycles. The summed E-state index contributed by atoms with van der Waals surface area (Å²) in [5.41, 5.74) is 0.360. The van der Waals surface area contributed by atoms with Crippen molar-refractivity contribution < 1.29 is 14.7 Å². The van der Waals surface area contributed by atoms with Gasteiger partial charge < -0.3 is 10.4 Å². The van der Waals surface area contributed by atoms with Gasteiger partial charge in [-0.3, -0.25) is 9.59 Å². The molecular formula is C11H16N2O3S. The normalized spacial score (nSPS) is 12.1. The zero-order chi connectivity index (χ0) is 12.8. The Hall–Kier alpha value is -1.43. The number of amides is 1. The summed E-state index contributed by atoms with van der Waals surface area (Å²) in [5.74, 6) is -1.20. The fourth-order valence-electron chi connectivity index (χ4n) is 1.51. The second kappa shape index (κ2) is 6.34. The number of thiazole rings is 1. The average molecular weight is 256 g/mol. The number of carbonyl (C=O) groups is 2. The number of aromatic nitrogens is 1. The molecule has 1 amide bonds. The highest BCUT2D eigenvalue weighted by Crippen LogP contribution is 2.09. The maximum atomic E-state index is 11.8. The molecule has 94 valence electrons. The number of nitrogens with zero attached hydrogens (tertiary/aromatic N) is 1. The number of rotatable bonds is 6. The second-order valence-corrected chi connectivity index (χ2v) is 4.87. The topological polar surface area (TPSA) is 79.3 Å². The van der Waals surface area contributed by atoms with Gasteiger partial charge in [-0.2, -0.15) is 0 Å². The van der Waals surface area contributed by atoms with Crippen molar-refractivity contribution in [2.45, 2.75) is 39.2 Å². The van der Waals surface area contributed by atoms with Gasteiger partial charge >= 0.3 is 5.97 Å². The number of carbonyl (C=O) groups excluding carboxylic acids is 1. The van der Waals surface area contributed by atoms with E-state index in [-0.39, 0.29) is 18.4 Å². The minimum Gasteiger partial charge on any atom is -0.481 e. The van der Waals surface area contributed by atoms with Crippen LogP contribution < -0.4 is 5.32 Å². The van der Waals surface area contributed by atoms with Gasteiger partial charge in [-0.05, 0) is 13.3 Å². The van der Waals surface area contributed by atoms with E-state index in [0.29, 0.717) is 12.1 Å². The van der Waals surface area contributed by atoms with Crippen molar-refractivity contribution in [1.29, 1.82) is 0 Å². The molecule has 0 fully saturated rings. The van der Waals surface area contributed by atoms with Gasteiger partial charge in [-0.25, -0.2) is 4.98 Å². The van der Waals surface area contributed by atoms with Crippen LogP contribution >= 0.6 is 11.3 Å². The van der Waals surface area contributed by atoms with Crippen LogP contribution in [0.5, 0.6) is 0 Å². The Morgan fingerprint density at radius 1 is 1.59 bits per heavy atom. The lowest BCUT2D eigenvalue weighted by molar-refractivity contribution is -0.137. The van der Waals surface area contributed by atoms with Crippen molar-refractivity contribution in [3.63, 3.8) is 0 Å². The van der Waals surface area contributed by atoms with E-state index in [9.17, 15) is 9.59 Å². The highest BCUT2D eigenvalue weighted by Gasteiger charge is 2.17. The van der Waals surface area contributed by atoms with Crippen LogP contribution in [0, 0.1) is 6.92 Å². The molecule has 0 aliphatic rings. The van der Waals surface area contributed by atoms with Gasteiger partial charge in [0.15, 0.2) is 0 Å². The van der Waals surface area contributed by atoms with Gasteiger partial charge in [0.25, 0.3) is 5.91 Å². The van der Waals surface area contributed by atoms with E-state index in [4.69, 9.17) is 5.11 Å². The molecule has 1 rings (SSSR count). The Balaban J connectivity index is 2.60. The Kier molecular flexibility index (Phi) is 5.09. The predicted octanol–water partition coefficient (Wildman–Crippen LogP) is 1.82. The number of aryl methyl sites for hydroxylation is 1. The van der Waals surface area contributed by atoms with E-state index < -0.39 is 5.97 Å². The van der Waals surface area contributed by atoms with Crippen LogP contribution in [-0.2, 0) is 4.79 Å². The number of carboxylic acid groups (broad SMARTS) is 1. The molecular weight excluding hydrogens is 240 g/mol. The number of nitrogens with one attached hydrogen (secondary N) is 1. The maximum absolute atomic E-state index is 11.8. The number of carboxylic acids is 1. The first-order valence-corrected chi connectivity index (χ1v) is 6.35. The minimum absolute atomic E-state index is 0.0529. The van der Waals surface area contributed by atoms with E-state index in [1.54, 1.807) is 5.38 Å². The van der Waals surface area contributed by atoms with Crippen LogP contribution in [0.2, 0.25) is 0 Å². The Morgan fingerprint density at radius 3 is 2.76 bits per heavy atom. The van der Waals surface area contributed by atoms with Crippen LogP contribution in [0.4, 0.5) is 0 Å². The quantitative estimate of drug-likeness (QED) is 0.813. The molecule has 6 heteroatoms. The summed E-state index contributed by atoms with van der Waals surface area (Å²) in [6, 6.07) is -0.327. The summed E-state index contributed by atoms with van der Waals surface area (Å²) in [7, 11) is 0. The van der Waals surface area contributed by atoms with Gasteiger partial charge in [0.05, 0.1) is 11.4 Å². The molecule has 1 atom stereocenters. The van der Waals surface area contributed by atoms with Crippen LogP contribution in [0.15, 0.2) is 5.38 Å². The molecule has 2 N–H and O–H groups in total. The lowest BCUT2D eigenvalue weighted by Gasteiger charge is -2.14. The molecule has 0 radical (unpaired) electrons. The molecule has 1 aromatic heterocycles. The lowest BCUT2D eigenvalue weighted by Crippen LogP contribution is -2.36. The Morgan fingerprint density at radius 2 is 2.29 bits per heavy atom. The van der Waals surface area contributed by atoms with E-state index in [0.717, 1.165) is 11.4 Å². The molecule has 5 nitrogen and oxygen atoms in total. The van der Waals surface area contributed by atoms with Crippen molar-refractivity contribution in [2.75, 3.05) is 0 Å². The number of aliphatic carboxylic acids is 1. The fourth-order valence-corrected chi connectivity index (χ4v) is 2.10. The van der Waals surface area contributed by atoms with E-state index in [1.807, 2.05) is 13.8 Å². The van der Waals surface area contributed by atoms with Crippen molar-refractivity contribution in [3.8, 4) is 0 Å². The molecule has 17 heavy (non-hydrogen) atoms. The second-order valence-electron chi connectivity index (χ2n) is 3.81. The average Bonchev–Trinajstić information content (AvgIpc) is 2.64. The molecule has 0 aliphatic heterocycles. The highest BCUT2D eigenvalue weighted by atomic mass is 32.1. The van der Waals surface area contributed by atoms with Crippen LogP contribution in [-0.4, -0.2) is 28.0 Å². The lowest BCUT2D eigenvalue weighted by atomic mass is 10.1. The fraction of sp³-hybridized carbons (Fsp3) is 0.545. The smallest absolute Gasteiger partial charge is 0.305 e. The number of hydrogen-bond acceptors (Lipinski definition) is 4. The minimum atomic E-state index is -0.904. The van der Waals surface area contributed by atoms with E-state index in [1.165, 1.54) is 11.3 Å². The van der Waals surface area contributed by atoms with Crippen molar-refractivity contribution >= 4 is 23.2 Å². The third-order valence-corrected chi connectivity index (χ3v) is 3.02. The molecule has 0 spiro atoms. The summed E-state index contributed by atoms with van der Waals surface area (Å²) >= 11 is 1.40. The summed E-state index contributed by atoms with van der Waals surface area (Å²) in [6.45, 7) is 3.77. The molecule has 0 saturated carbocycles. The van der Waals surface area contributed by atoms with Crippen molar-refractivity contribution in [3.05, 3.63) is 16.1 Å². The standard InChI is InChI=1S/C11H16N2O3S/c1-3-4-8(5-10(14)15)13-11(16)9-6-17-7(2)12-9/h6,8H,3-5H2,1-2H3,(H,13,16)(H,14,15). The SMILES string of the molecule is CCCC(CC(=O)O)NC(=O)c1csc(C)n1. The highest BCUT2D eigenvalue weighted by molar-refractivity contribution is 7.09. The monoisotopic (exact) mass is 256 g/mol. The first-order chi connectivity index (χ1) is 8.02. The van der Waals surface area contributed by atoms with Crippen molar-refractivity contribution in [1.82, 2.24) is 10.3 Å². The summed E-state index contributed by atoms with van der Waals surface area (Å²) in [4.78, 5) is 26.5. The molecule has 1 heterocycles. The summed E-state index contributed by atoms with van der Waals surface area (Å²) in [6.07, 6.45) is 1.43. The van der Waals surface area contributed by atoms with Crippen LogP contribution in [0.3, 0.4) is 0 Å². The van der Waals surface area contributed by atoms with E-state index >= 15 is 0 Å². The Labute approximate surface area is 104 Å². The summed E-state index contributed by atoms with van der Waals surface area (Å²) in [5, 5.41) is 13.9. The van der Waals surface area contributed by atoms with Gasteiger partial charge in [0, 0.05) is 11.4 Å². The first-order valence-electron chi connectivity index (χ1n) is 5.47. The third kappa shape index (κ3) is 4.52. The first kappa shape index (κ1) is 13.6. The zero-order valence-electron chi connectivity index (χ0n) is 9.90. The Bertz CT molecular complexity index is 403. The largest absolute Gasteiger partial charge is 0.481 e. The van der Waals surface area contributed by atoms with Gasteiger partial charge in [-0.15, -0.1) is 11.3 Å². The van der Waals surface area contributed by atoms with Crippen LogP contribution in [0.25, 0.3) is 0 Å². The predicted molar refractivity (Wildman–Crippen MR) is 65.3 cm³/mol. The van der Waals surface area contributed by atoms with Gasteiger partial charge in [0.1, 0.15) is 5.69 Å². The molecule has 1 unspecified atom stereocenters. The summed E-state index contributed by atoms with van der Waals surface area (Å²) < 4.78 is 0. The molecule has 1 aromatic rings. The van der Waals surface area contributed by atoms with Crippen LogP contribution in [0.1, 0.15) is 41.7 Å². The third-order valence-electron chi connectivity index (χ3n) is 2.25. The maximum Gasteiger partial charge on any atom is 0.305 e. The van der Waals surface area contributed by atoms with Gasteiger partial charge in [-0.1, -0.05) is 13.3 Å². The van der Waals surface area contributed by atoms with Crippen molar-refractivity contribution in [2.24, 2.45) is 0 Å². The van der Waals surface area contributed by atoms with Gasteiger partial charge in [0.2, 0.25) is 0 Å². The zero-order valence-corrected chi connectivity index (χ0v) is 10.7. The molecule has 0 saturated heterocycles. The molecule has 0 aromatic carbocycles. The number of hydrogen-bond donors (Lipinski definition) is 2. The van der Waals surface area contributed by atoms with E-state index in [2.05, 4.69) is 10.3 Å².